The van der Waals surface area contributed by atoms with E-state index in [1.54, 1.807) is 36.4 Å². The summed E-state index contributed by atoms with van der Waals surface area (Å²) in [6.07, 6.45) is 1.35. The molecular weight excluding hydrogens is 344 g/mol. The highest BCUT2D eigenvalue weighted by molar-refractivity contribution is 8.14. The number of carbonyl (C=O) groups is 3. The van der Waals surface area contributed by atoms with Gasteiger partial charge >= 0.3 is 5.97 Å². The summed E-state index contributed by atoms with van der Waals surface area (Å²) >= 11 is 2.22. The van der Waals surface area contributed by atoms with E-state index in [4.69, 9.17) is 5.11 Å². The van der Waals surface area contributed by atoms with Crippen LogP contribution in [0.15, 0.2) is 58.3 Å². The molecule has 0 bridgehead atoms. The van der Waals surface area contributed by atoms with E-state index in [9.17, 15) is 14.4 Å². The van der Waals surface area contributed by atoms with Gasteiger partial charge in [0.2, 0.25) is 5.12 Å². The van der Waals surface area contributed by atoms with E-state index in [2.05, 4.69) is 0 Å². The third-order valence-corrected chi connectivity index (χ3v) is 4.96. The Hall–Kier alpha value is -2.05. The van der Waals surface area contributed by atoms with Crippen LogP contribution in [0.3, 0.4) is 0 Å². The highest BCUT2D eigenvalue weighted by Crippen LogP contribution is 2.26. The van der Waals surface area contributed by atoms with E-state index in [0.29, 0.717) is 16.9 Å². The Morgan fingerprint density at radius 3 is 1.83 bits per heavy atom. The largest absolute Gasteiger partial charge is 0.478 e. The Balaban J connectivity index is 1.99. The van der Waals surface area contributed by atoms with Crippen LogP contribution in [0.2, 0.25) is 0 Å². The van der Waals surface area contributed by atoms with Gasteiger partial charge in [0.05, 0.1) is 5.56 Å². The standard InChI is InChI=1S/C18H16O4S2/c1-2-3-16(19)23-14-10-6-13(7-11-14)18(22)24-15-8-4-12(5-9-15)17(20)21/h4-11H,2-3H2,1H3,(H,20,21). The Bertz CT molecular complexity index is 737. The predicted octanol–water partition coefficient (Wildman–Crippen LogP) is 4.74. The van der Waals surface area contributed by atoms with Crippen molar-refractivity contribution in [2.75, 3.05) is 0 Å². The molecule has 0 spiro atoms. The number of hydrogen-bond acceptors (Lipinski definition) is 5. The summed E-state index contributed by atoms with van der Waals surface area (Å²) in [5.74, 6) is -0.997. The fraction of sp³-hybridized carbons (Fsp3) is 0.167. The van der Waals surface area contributed by atoms with Crippen LogP contribution in [-0.2, 0) is 4.79 Å². The Labute approximate surface area is 148 Å². The van der Waals surface area contributed by atoms with E-state index < -0.39 is 5.97 Å². The minimum Gasteiger partial charge on any atom is -0.478 e. The number of carboxylic acids is 1. The van der Waals surface area contributed by atoms with Crippen LogP contribution in [0, 0.1) is 0 Å². The molecule has 0 heterocycles. The summed E-state index contributed by atoms with van der Waals surface area (Å²) in [6.45, 7) is 1.96. The van der Waals surface area contributed by atoms with E-state index in [1.807, 2.05) is 6.92 Å². The fourth-order valence-electron chi connectivity index (χ4n) is 1.88. The molecular formula is C18H16O4S2. The second-order valence-electron chi connectivity index (χ2n) is 4.97. The lowest BCUT2D eigenvalue weighted by Crippen LogP contribution is -1.96. The second kappa shape index (κ2) is 8.70. The molecule has 2 aromatic rings. The SMILES string of the molecule is CCCC(=O)Sc1ccc(C(=O)Sc2ccc(C(=O)O)cc2)cc1. The molecule has 0 amide bonds. The van der Waals surface area contributed by atoms with E-state index >= 15 is 0 Å². The topological polar surface area (TPSA) is 71.4 Å². The third-order valence-electron chi connectivity index (χ3n) is 3.09. The van der Waals surface area contributed by atoms with Crippen molar-refractivity contribution in [3.8, 4) is 0 Å². The molecule has 0 atom stereocenters. The van der Waals surface area contributed by atoms with Gasteiger partial charge in [-0.05, 0) is 66.7 Å². The Morgan fingerprint density at radius 1 is 0.833 bits per heavy atom. The van der Waals surface area contributed by atoms with Crippen LogP contribution in [0.25, 0.3) is 0 Å². The maximum Gasteiger partial charge on any atom is 0.335 e. The minimum absolute atomic E-state index is 0.115. The Morgan fingerprint density at radius 2 is 1.33 bits per heavy atom. The quantitative estimate of drug-likeness (QED) is 0.751. The molecule has 0 aromatic heterocycles. The van der Waals surface area contributed by atoms with Gasteiger partial charge in [0.25, 0.3) is 0 Å². The van der Waals surface area contributed by atoms with Crippen molar-refractivity contribution in [1.82, 2.24) is 0 Å². The van der Waals surface area contributed by atoms with Crippen molar-refractivity contribution in [3.05, 3.63) is 59.7 Å². The lowest BCUT2D eigenvalue weighted by molar-refractivity contribution is -0.111. The van der Waals surface area contributed by atoms with Crippen molar-refractivity contribution < 1.29 is 19.5 Å². The molecule has 0 aliphatic rings. The van der Waals surface area contributed by atoms with E-state index in [1.165, 1.54) is 23.9 Å². The lowest BCUT2D eigenvalue weighted by atomic mass is 10.2. The zero-order chi connectivity index (χ0) is 17.5. The van der Waals surface area contributed by atoms with Gasteiger partial charge in [-0.2, -0.15) is 0 Å². The maximum atomic E-state index is 12.2. The number of benzene rings is 2. The molecule has 124 valence electrons. The van der Waals surface area contributed by atoms with E-state index in [-0.39, 0.29) is 15.8 Å². The lowest BCUT2D eigenvalue weighted by Gasteiger charge is -2.04. The van der Waals surface area contributed by atoms with Gasteiger partial charge < -0.3 is 5.11 Å². The fourth-order valence-corrected chi connectivity index (χ4v) is 3.46. The monoisotopic (exact) mass is 360 g/mol. The van der Waals surface area contributed by atoms with Gasteiger partial charge in [-0.1, -0.05) is 18.7 Å². The number of thioether (sulfide) groups is 2. The zero-order valence-corrected chi connectivity index (χ0v) is 14.7. The van der Waals surface area contributed by atoms with Crippen LogP contribution in [-0.4, -0.2) is 21.3 Å². The highest BCUT2D eigenvalue weighted by atomic mass is 32.2. The molecule has 0 radical (unpaired) electrons. The first-order valence-electron chi connectivity index (χ1n) is 7.36. The van der Waals surface area contributed by atoms with Crippen LogP contribution in [0.5, 0.6) is 0 Å². The van der Waals surface area contributed by atoms with Gasteiger partial charge in [-0.25, -0.2) is 4.79 Å². The number of carbonyl (C=O) groups excluding carboxylic acids is 2. The molecule has 0 aliphatic heterocycles. The number of hydrogen-bond donors (Lipinski definition) is 1. The van der Waals surface area contributed by atoms with Gasteiger partial charge in [0.15, 0.2) is 5.12 Å². The molecule has 0 unspecified atom stereocenters. The second-order valence-corrected chi connectivity index (χ2v) is 7.14. The van der Waals surface area contributed by atoms with Crippen molar-refractivity contribution in [3.63, 3.8) is 0 Å². The summed E-state index contributed by atoms with van der Waals surface area (Å²) in [4.78, 5) is 36.1. The zero-order valence-electron chi connectivity index (χ0n) is 13.0. The summed E-state index contributed by atoms with van der Waals surface area (Å²) in [5, 5.41) is 8.84. The molecule has 24 heavy (non-hydrogen) atoms. The highest BCUT2D eigenvalue weighted by Gasteiger charge is 2.10. The average molecular weight is 360 g/mol. The predicted molar refractivity (Wildman–Crippen MR) is 95.8 cm³/mol. The number of rotatable bonds is 6. The molecule has 2 aromatic carbocycles. The summed E-state index contributed by atoms with van der Waals surface area (Å²) in [6, 6.07) is 13.1. The normalized spacial score (nSPS) is 10.4. The van der Waals surface area contributed by atoms with Gasteiger partial charge in [0.1, 0.15) is 0 Å². The molecule has 4 nitrogen and oxygen atoms in total. The number of carboxylic acid groups (broad SMARTS) is 1. The summed E-state index contributed by atoms with van der Waals surface area (Å²) in [7, 11) is 0. The Kier molecular flexibility index (Phi) is 6.63. The molecule has 1 N–H and O–H groups in total. The van der Waals surface area contributed by atoms with Gasteiger partial charge in [-0.15, -0.1) is 0 Å². The average Bonchev–Trinajstić information content (AvgIpc) is 2.56. The van der Waals surface area contributed by atoms with Crippen molar-refractivity contribution >= 4 is 39.7 Å². The molecule has 6 heteroatoms. The van der Waals surface area contributed by atoms with Crippen LogP contribution in [0.4, 0.5) is 0 Å². The first-order valence-corrected chi connectivity index (χ1v) is 8.99. The van der Waals surface area contributed by atoms with E-state index in [0.717, 1.165) is 23.1 Å². The maximum absolute atomic E-state index is 12.2. The summed E-state index contributed by atoms with van der Waals surface area (Å²) < 4.78 is 0. The first-order chi connectivity index (χ1) is 11.5. The summed E-state index contributed by atoms with van der Waals surface area (Å²) in [5.41, 5.74) is 0.722. The molecule has 0 saturated heterocycles. The van der Waals surface area contributed by atoms with Crippen molar-refractivity contribution in [2.45, 2.75) is 29.6 Å². The molecule has 2 rings (SSSR count). The van der Waals surface area contributed by atoms with Crippen molar-refractivity contribution in [2.24, 2.45) is 0 Å². The van der Waals surface area contributed by atoms with Crippen LogP contribution < -0.4 is 0 Å². The molecule has 0 fully saturated rings. The minimum atomic E-state index is -0.997. The number of aromatic carboxylic acids is 1. The van der Waals surface area contributed by atoms with Gasteiger partial charge in [-0.3, -0.25) is 9.59 Å². The molecule has 0 aliphatic carbocycles. The third kappa shape index (κ3) is 5.25. The van der Waals surface area contributed by atoms with Crippen molar-refractivity contribution in [1.29, 1.82) is 0 Å². The first kappa shape index (κ1) is 18.3. The van der Waals surface area contributed by atoms with Crippen LogP contribution in [0.1, 0.15) is 40.5 Å². The molecule has 0 saturated carbocycles. The smallest absolute Gasteiger partial charge is 0.335 e. The van der Waals surface area contributed by atoms with Gasteiger partial charge in [0, 0.05) is 21.8 Å². The van der Waals surface area contributed by atoms with Crippen LogP contribution >= 0.6 is 23.5 Å².